The van der Waals surface area contributed by atoms with Gasteiger partial charge in [0.25, 0.3) is 0 Å². The first-order valence-corrected chi connectivity index (χ1v) is 8.62. The van der Waals surface area contributed by atoms with E-state index < -0.39 is 0 Å². The van der Waals surface area contributed by atoms with E-state index >= 15 is 0 Å². The van der Waals surface area contributed by atoms with Crippen LogP contribution in [0.25, 0.3) is 0 Å². The maximum absolute atomic E-state index is 13.9. The third kappa shape index (κ3) is 6.97. The molecule has 0 bridgehead atoms. The molecule has 0 spiro atoms. The van der Waals surface area contributed by atoms with Crippen LogP contribution in [0.2, 0.25) is 0 Å². The van der Waals surface area contributed by atoms with Crippen LogP contribution in [0.5, 0.6) is 5.75 Å². The summed E-state index contributed by atoms with van der Waals surface area (Å²) in [6.45, 7) is 8.12. The van der Waals surface area contributed by atoms with E-state index in [1.54, 1.807) is 6.07 Å². The van der Waals surface area contributed by atoms with Crippen LogP contribution in [0.1, 0.15) is 25.8 Å². The summed E-state index contributed by atoms with van der Waals surface area (Å²) in [6.07, 6.45) is 1.09. The molecule has 2 rings (SSSR count). The Morgan fingerprint density at radius 3 is 2.84 bits per heavy atom. The number of hydrogen-bond acceptors (Lipinski definition) is 3. The van der Waals surface area contributed by atoms with Gasteiger partial charge < -0.3 is 19.7 Å². The van der Waals surface area contributed by atoms with Crippen LogP contribution in [0, 0.1) is 11.7 Å². The first-order valence-electron chi connectivity index (χ1n) is 8.62. The molecule has 1 aliphatic heterocycles. The minimum Gasteiger partial charge on any atom is -0.491 e. The normalized spacial score (nSPS) is 17.1. The molecule has 0 aromatic heterocycles. The van der Waals surface area contributed by atoms with E-state index in [1.165, 1.54) is 6.07 Å². The molecule has 1 N–H and O–H groups in total. The number of hydrogen-bond donors (Lipinski definition) is 1. The van der Waals surface area contributed by atoms with Gasteiger partial charge in [0.05, 0.1) is 19.8 Å². The van der Waals surface area contributed by atoms with Gasteiger partial charge in [-0.1, -0.05) is 6.07 Å². The fourth-order valence-electron chi connectivity index (χ4n) is 2.75. The molecule has 1 unspecified atom stereocenters. The molecule has 0 radical (unpaired) electrons. The fourth-order valence-corrected chi connectivity index (χ4v) is 2.75. The Kier molecular flexibility index (Phi) is 10.1. The summed E-state index contributed by atoms with van der Waals surface area (Å²) in [6, 6.07) is 5.00. The quantitative estimate of drug-likeness (QED) is 0.382. The van der Waals surface area contributed by atoms with E-state index in [4.69, 9.17) is 9.47 Å². The van der Waals surface area contributed by atoms with Crippen molar-refractivity contribution in [1.29, 1.82) is 0 Å². The van der Waals surface area contributed by atoms with Crippen molar-refractivity contribution in [3.63, 3.8) is 0 Å². The lowest BCUT2D eigenvalue weighted by Gasteiger charge is -2.24. The first-order chi connectivity index (χ1) is 11.6. The van der Waals surface area contributed by atoms with Crippen molar-refractivity contribution >= 4 is 29.9 Å². The van der Waals surface area contributed by atoms with Crippen LogP contribution in [-0.4, -0.2) is 50.8 Å². The summed E-state index contributed by atoms with van der Waals surface area (Å²) in [5.74, 6) is 1.32. The highest BCUT2D eigenvalue weighted by molar-refractivity contribution is 14.0. The van der Waals surface area contributed by atoms with Gasteiger partial charge in [-0.25, -0.2) is 9.38 Å². The Balaban J connectivity index is 0.00000312. The van der Waals surface area contributed by atoms with Crippen LogP contribution in [0.3, 0.4) is 0 Å². The standard InChI is InChI=1S/C18H28FN3O2.HI/c1-4-20-18(22(3)12-15-8-9-23-13-15)21-11-14-6-7-17(24-5-2)16(19)10-14;/h6-7,10,15H,4-5,8-9,11-13H2,1-3H3,(H,20,21);1H. The van der Waals surface area contributed by atoms with E-state index in [-0.39, 0.29) is 35.5 Å². The molecule has 1 heterocycles. The minimum absolute atomic E-state index is 0. The lowest BCUT2D eigenvalue weighted by atomic mass is 10.1. The zero-order valence-electron chi connectivity index (χ0n) is 15.3. The van der Waals surface area contributed by atoms with Crippen LogP contribution in [-0.2, 0) is 11.3 Å². The van der Waals surface area contributed by atoms with Gasteiger partial charge in [-0.05, 0) is 38.0 Å². The van der Waals surface area contributed by atoms with Crippen LogP contribution in [0.4, 0.5) is 4.39 Å². The van der Waals surface area contributed by atoms with Crippen LogP contribution >= 0.6 is 24.0 Å². The Hall–Kier alpha value is -1.09. The SMILES string of the molecule is CCNC(=NCc1ccc(OCC)c(F)c1)N(C)CC1CCOC1.I. The van der Waals surface area contributed by atoms with E-state index in [1.807, 2.05) is 27.0 Å². The monoisotopic (exact) mass is 465 g/mol. The minimum atomic E-state index is -0.342. The molecular formula is C18H29FIN3O2. The number of rotatable bonds is 7. The third-order valence-electron chi connectivity index (χ3n) is 3.96. The Labute approximate surface area is 167 Å². The summed E-state index contributed by atoms with van der Waals surface area (Å²) in [4.78, 5) is 6.74. The van der Waals surface area contributed by atoms with E-state index in [2.05, 4.69) is 15.2 Å². The summed E-state index contributed by atoms with van der Waals surface area (Å²) in [5, 5.41) is 3.29. The molecule has 7 heteroatoms. The average molecular weight is 465 g/mol. The number of guanidine groups is 1. The topological polar surface area (TPSA) is 46.1 Å². The van der Waals surface area contributed by atoms with Crippen molar-refractivity contribution in [2.75, 3.05) is 40.0 Å². The third-order valence-corrected chi connectivity index (χ3v) is 3.96. The van der Waals surface area contributed by atoms with Crippen molar-refractivity contribution < 1.29 is 13.9 Å². The van der Waals surface area contributed by atoms with Crippen molar-refractivity contribution in [1.82, 2.24) is 10.2 Å². The number of nitrogens with one attached hydrogen (secondary N) is 1. The molecule has 1 atom stereocenters. The Morgan fingerprint density at radius 2 is 2.24 bits per heavy atom. The second kappa shape index (κ2) is 11.5. The predicted molar refractivity (Wildman–Crippen MR) is 109 cm³/mol. The van der Waals surface area contributed by atoms with Crippen LogP contribution in [0.15, 0.2) is 23.2 Å². The Bertz CT molecular complexity index is 551. The van der Waals surface area contributed by atoms with Gasteiger partial charge in [-0.3, -0.25) is 0 Å². The van der Waals surface area contributed by atoms with Crippen molar-refractivity contribution in [3.05, 3.63) is 29.6 Å². The summed E-state index contributed by atoms with van der Waals surface area (Å²) < 4.78 is 24.6. The molecule has 25 heavy (non-hydrogen) atoms. The lowest BCUT2D eigenvalue weighted by molar-refractivity contribution is 0.181. The number of aliphatic imine (C=N–C) groups is 1. The molecule has 1 aliphatic rings. The second-order valence-electron chi connectivity index (χ2n) is 5.98. The molecule has 1 fully saturated rings. The average Bonchev–Trinajstić information content (AvgIpc) is 3.06. The number of nitrogens with zero attached hydrogens (tertiary/aromatic N) is 2. The number of halogens is 2. The zero-order valence-corrected chi connectivity index (χ0v) is 17.6. The van der Waals surface area contributed by atoms with Gasteiger partial charge in [-0.15, -0.1) is 24.0 Å². The molecule has 1 aromatic rings. The van der Waals surface area contributed by atoms with E-state index in [0.29, 0.717) is 19.1 Å². The number of benzene rings is 1. The molecule has 5 nitrogen and oxygen atoms in total. The zero-order chi connectivity index (χ0) is 17.4. The van der Waals surface area contributed by atoms with Gasteiger partial charge in [0.15, 0.2) is 17.5 Å². The summed E-state index contributed by atoms with van der Waals surface area (Å²) in [7, 11) is 2.03. The molecular weight excluding hydrogens is 436 g/mol. The maximum atomic E-state index is 13.9. The molecule has 142 valence electrons. The smallest absolute Gasteiger partial charge is 0.193 e. The van der Waals surface area contributed by atoms with Gasteiger partial charge >= 0.3 is 0 Å². The summed E-state index contributed by atoms with van der Waals surface area (Å²) in [5.41, 5.74) is 0.823. The lowest BCUT2D eigenvalue weighted by Crippen LogP contribution is -2.41. The molecule has 0 saturated carbocycles. The highest BCUT2D eigenvalue weighted by atomic mass is 127. The van der Waals surface area contributed by atoms with Gasteiger partial charge in [0, 0.05) is 32.7 Å². The fraction of sp³-hybridized carbons (Fsp3) is 0.611. The molecule has 0 aliphatic carbocycles. The largest absolute Gasteiger partial charge is 0.491 e. The molecule has 0 amide bonds. The predicted octanol–water partition coefficient (Wildman–Crippen LogP) is 3.28. The van der Waals surface area contributed by atoms with Crippen molar-refractivity contribution in [2.24, 2.45) is 10.9 Å². The van der Waals surface area contributed by atoms with Crippen LogP contribution < -0.4 is 10.1 Å². The Morgan fingerprint density at radius 1 is 1.44 bits per heavy atom. The summed E-state index contributed by atoms with van der Waals surface area (Å²) >= 11 is 0. The molecule has 1 saturated heterocycles. The highest BCUT2D eigenvalue weighted by Gasteiger charge is 2.19. The maximum Gasteiger partial charge on any atom is 0.193 e. The van der Waals surface area contributed by atoms with E-state index in [9.17, 15) is 4.39 Å². The van der Waals surface area contributed by atoms with E-state index in [0.717, 1.165) is 44.2 Å². The van der Waals surface area contributed by atoms with Crippen molar-refractivity contribution in [3.8, 4) is 5.75 Å². The van der Waals surface area contributed by atoms with Gasteiger partial charge in [0.1, 0.15) is 0 Å². The first kappa shape index (κ1) is 22.0. The second-order valence-corrected chi connectivity index (χ2v) is 5.98. The highest BCUT2D eigenvalue weighted by Crippen LogP contribution is 2.19. The molecule has 1 aromatic carbocycles. The van der Waals surface area contributed by atoms with Gasteiger partial charge in [-0.2, -0.15) is 0 Å². The van der Waals surface area contributed by atoms with Gasteiger partial charge in [0.2, 0.25) is 0 Å². The van der Waals surface area contributed by atoms with Crippen molar-refractivity contribution in [2.45, 2.75) is 26.8 Å². The number of ether oxygens (including phenoxy) is 2.